The van der Waals surface area contributed by atoms with E-state index < -0.39 is 0 Å². The monoisotopic (exact) mass is 286 g/mol. The van der Waals surface area contributed by atoms with Crippen molar-refractivity contribution in [2.45, 2.75) is 23.6 Å². The molecule has 0 saturated heterocycles. The Balaban J connectivity index is 2.71. The smallest absolute Gasteiger partial charge is 0.0357 e. The summed E-state index contributed by atoms with van der Waals surface area (Å²) in [6.45, 7) is 2.19. The second kappa shape index (κ2) is 4.25. The van der Waals surface area contributed by atoms with Gasteiger partial charge in [-0.1, -0.05) is 22.9 Å². The van der Waals surface area contributed by atoms with Crippen molar-refractivity contribution in [3.05, 3.63) is 28.6 Å². The van der Waals surface area contributed by atoms with Crippen molar-refractivity contribution in [2.24, 2.45) is 0 Å². The van der Waals surface area contributed by atoms with Crippen LogP contribution in [0.4, 0.5) is 0 Å². The Kier molecular flexibility index (Phi) is 3.20. The Morgan fingerprint density at radius 1 is 1.36 bits per heavy atom. The molecule has 2 aromatic rings. The highest BCUT2D eigenvalue weighted by atomic mass is 79.9. The van der Waals surface area contributed by atoms with E-state index in [4.69, 9.17) is 0 Å². The fraction of sp³-hybridized carbons (Fsp3) is 0.273. The zero-order valence-electron chi connectivity index (χ0n) is 7.88. The number of rotatable bonds is 2. The number of hydrogen-bond acceptors (Lipinski definition) is 2. The van der Waals surface area contributed by atoms with Crippen LogP contribution in [-0.2, 0) is 11.8 Å². The van der Waals surface area contributed by atoms with Gasteiger partial charge in [0.15, 0.2) is 0 Å². The maximum Gasteiger partial charge on any atom is 0.0357 e. The zero-order chi connectivity index (χ0) is 10.1. The quantitative estimate of drug-likeness (QED) is 0.603. The molecule has 1 aromatic carbocycles. The van der Waals surface area contributed by atoms with Gasteiger partial charge in [0.25, 0.3) is 0 Å². The molecule has 14 heavy (non-hydrogen) atoms. The number of hydrogen-bond donors (Lipinski definition) is 1. The van der Waals surface area contributed by atoms with Crippen LogP contribution in [0.15, 0.2) is 22.4 Å². The van der Waals surface area contributed by atoms with Crippen LogP contribution in [0.5, 0.6) is 0 Å². The van der Waals surface area contributed by atoms with Gasteiger partial charge in [0.1, 0.15) is 0 Å². The summed E-state index contributed by atoms with van der Waals surface area (Å²) in [6, 6.07) is 4.54. The van der Waals surface area contributed by atoms with Crippen LogP contribution in [0.1, 0.15) is 18.1 Å². The van der Waals surface area contributed by atoms with E-state index >= 15 is 0 Å². The van der Waals surface area contributed by atoms with E-state index in [1.807, 2.05) is 0 Å². The topological polar surface area (TPSA) is 0 Å². The molecule has 0 spiro atoms. The number of alkyl halides is 1. The Hall–Kier alpha value is 0.01000. The van der Waals surface area contributed by atoms with Gasteiger partial charge in [-0.25, -0.2) is 0 Å². The maximum atomic E-state index is 4.45. The standard InChI is InChI=1S/C11H11BrS2/c1-2-7-3-9-10(13)6-14-11(9)4-8(7)5-12/h3-4,6,13H,2,5H2,1H3. The first kappa shape index (κ1) is 10.5. The predicted molar refractivity (Wildman–Crippen MR) is 71.1 cm³/mol. The Morgan fingerprint density at radius 2 is 2.14 bits per heavy atom. The van der Waals surface area contributed by atoms with Gasteiger partial charge in [0.2, 0.25) is 0 Å². The predicted octanol–water partition coefficient (Wildman–Crippen LogP) is 4.65. The third kappa shape index (κ3) is 1.73. The molecule has 1 aromatic heterocycles. The number of benzene rings is 1. The summed E-state index contributed by atoms with van der Waals surface area (Å²) < 4.78 is 1.33. The second-order valence-electron chi connectivity index (χ2n) is 3.23. The molecule has 0 unspecified atom stereocenters. The number of aryl methyl sites for hydroxylation is 1. The average molecular weight is 287 g/mol. The molecule has 0 amide bonds. The minimum atomic E-state index is 0.936. The molecule has 0 saturated carbocycles. The lowest BCUT2D eigenvalue weighted by atomic mass is 10.0. The molecule has 0 bridgehead atoms. The highest BCUT2D eigenvalue weighted by Crippen LogP contribution is 2.32. The summed E-state index contributed by atoms with van der Waals surface area (Å²) in [7, 11) is 0. The van der Waals surface area contributed by atoms with Crippen molar-refractivity contribution in [2.75, 3.05) is 0 Å². The van der Waals surface area contributed by atoms with E-state index in [-0.39, 0.29) is 0 Å². The van der Waals surface area contributed by atoms with Gasteiger partial charge in [-0.05, 0) is 29.7 Å². The summed E-state index contributed by atoms with van der Waals surface area (Å²) in [5.41, 5.74) is 2.82. The van der Waals surface area contributed by atoms with Crippen molar-refractivity contribution in [3.63, 3.8) is 0 Å². The van der Waals surface area contributed by atoms with Crippen LogP contribution in [-0.4, -0.2) is 0 Å². The van der Waals surface area contributed by atoms with Gasteiger partial charge < -0.3 is 0 Å². The minimum absolute atomic E-state index is 0.936. The Morgan fingerprint density at radius 3 is 2.79 bits per heavy atom. The lowest BCUT2D eigenvalue weighted by molar-refractivity contribution is 1.11. The van der Waals surface area contributed by atoms with Gasteiger partial charge in [0.05, 0.1) is 0 Å². The molecule has 0 nitrogen and oxygen atoms in total. The molecule has 74 valence electrons. The van der Waals surface area contributed by atoms with Crippen LogP contribution in [0, 0.1) is 0 Å². The fourth-order valence-electron chi connectivity index (χ4n) is 1.60. The Bertz CT molecular complexity index is 460. The van der Waals surface area contributed by atoms with Gasteiger partial charge >= 0.3 is 0 Å². The van der Waals surface area contributed by atoms with Gasteiger partial charge in [-0.15, -0.1) is 24.0 Å². The third-order valence-electron chi connectivity index (χ3n) is 2.40. The average Bonchev–Trinajstić information content (AvgIpc) is 2.58. The van der Waals surface area contributed by atoms with E-state index in [2.05, 4.69) is 53.0 Å². The molecule has 0 aliphatic heterocycles. The van der Waals surface area contributed by atoms with E-state index in [1.54, 1.807) is 11.3 Å². The highest BCUT2D eigenvalue weighted by Gasteiger charge is 2.06. The Labute approximate surface area is 102 Å². The number of fused-ring (bicyclic) bond motifs is 1. The summed E-state index contributed by atoms with van der Waals surface area (Å²) >= 11 is 9.74. The van der Waals surface area contributed by atoms with Crippen molar-refractivity contribution in [1.82, 2.24) is 0 Å². The fourth-order valence-corrected chi connectivity index (χ4v) is 3.41. The lowest BCUT2D eigenvalue weighted by Gasteiger charge is -2.05. The van der Waals surface area contributed by atoms with Gasteiger partial charge in [-0.3, -0.25) is 0 Å². The first-order valence-electron chi connectivity index (χ1n) is 4.54. The normalized spacial score (nSPS) is 11.1. The first-order valence-corrected chi connectivity index (χ1v) is 6.99. The minimum Gasteiger partial charge on any atom is -0.143 e. The number of halogens is 1. The SMILES string of the molecule is CCc1cc2c(S)csc2cc1CBr. The molecule has 0 N–H and O–H groups in total. The maximum absolute atomic E-state index is 4.45. The lowest BCUT2D eigenvalue weighted by Crippen LogP contribution is -1.88. The van der Waals surface area contributed by atoms with E-state index in [1.165, 1.54) is 21.2 Å². The summed E-state index contributed by atoms with van der Waals surface area (Å²) in [6.07, 6.45) is 1.08. The second-order valence-corrected chi connectivity index (χ2v) is 5.18. The van der Waals surface area contributed by atoms with Crippen LogP contribution < -0.4 is 0 Å². The van der Waals surface area contributed by atoms with Crippen LogP contribution in [0.25, 0.3) is 10.1 Å². The summed E-state index contributed by atoms with van der Waals surface area (Å²) in [5, 5.41) is 4.33. The van der Waals surface area contributed by atoms with Gasteiger partial charge in [0, 0.05) is 25.7 Å². The van der Waals surface area contributed by atoms with Crippen molar-refractivity contribution in [1.29, 1.82) is 0 Å². The molecule has 0 radical (unpaired) electrons. The van der Waals surface area contributed by atoms with Gasteiger partial charge in [-0.2, -0.15) is 0 Å². The number of thiophene rings is 1. The van der Waals surface area contributed by atoms with E-state index in [0.717, 1.165) is 16.6 Å². The molecule has 0 atom stereocenters. The van der Waals surface area contributed by atoms with Crippen molar-refractivity contribution in [3.8, 4) is 0 Å². The molecule has 3 heteroatoms. The highest BCUT2D eigenvalue weighted by molar-refractivity contribution is 9.08. The van der Waals surface area contributed by atoms with Crippen LogP contribution in [0.2, 0.25) is 0 Å². The van der Waals surface area contributed by atoms with E-state index in [9.17, 15) is 0 Å². The molecule has 2 rings (SSSR count). The molecule has 0 aliphatic rings. The first-order chi connectivity index (χ1) is 6.76. The molecular formula is C11H11BrS2. The summed E-state index contributed by atoms with van der Waals surface area (Å²) in [4.78, 5) is 1.10. The van der Waals surface area contributed by atoms with Crippen LogP contribution in [0.3, 0.4) is 0 Å². The molecular weight excluding hydrogens is 276 g/mol. The van der Waals surface area contributed by atoms with Crippen molar-refractivity contribution >= 4 is 50.0 Å². The molecule has 0 aliphatic carbocycles. The largest absolute Gasteiger partial charge is 0.143 e. The molecule has 1 heterocycles. The number of thiol groups is 1. The zero-order valence-corrected chi connectivity index (χ0v) is 11.2. The summed E-state index contributed by atoms with van der Waals surface area (Å²) in [5.74, 6) is 0. The van der Waals surface area contributed by atoms with Crippen LogP contribution >= 0.6 is 39.9 Å². The molecule has 0 fully saturated rings. The van der Waals surface area contributed by atoms with E-state index in [0.29, 0.717) is 0 Å². The van der Waals surface area contributed by atoms with Crippen molar-refractivity contribution < 1.29 is 0 Å². The third-order valence-corrected chi connectivity index (χ3v) is 4.49.